The van der Waals surface area contributed by atoms with Crippen LogP contribution in [0.2, 0.25) is 0 Å². The van der Waals surface area contributed by atoms with E-state index in [9.17, 15) is 9.90 Å². The Labute approximate surface area is 271 Å². The van der Waals surface area contributed by atoms with Gasteiger partial charge in [-0.15, -0.1) is 6.42 Å². The minimum absolute atomic E-state index is 0.00376. The number of aromatic hydroxyl groups is 1. The summed E-state index contributed by atoms with van der Waals surface area (Å²) < 4.78 is 19.2. The summed E-state index contributed by atoms with van der Waals surface area (Å²) in [5.41, 5.74) is 4.48. The second kappa shape index (κ2) is 9.80. The molecule has 7 atom stereocenters. The van der Waals surface area contributed by atoms with E-state index in [4.69, 9.17) is 26.4 Å². The topological polar surface area (TPSA) is 106 Å². The fraction of sp³-hybridized carbons (Fsp3) is 0.447. The average Bonchev–Trinajstić information content (AvgIpc) is 3.95. The number of aromatic nitrogens is 5. The Kier molecular flexibility index (Phi) is 5.77. The minimum Gasteiger partial charge on any atom is -0.508 e. The Balaban J connectivity index is 1.27. The van der Waals surface area contributed by atoms with Gasteiger partial charge in [0.15, 0.2) is 5.82 Å². The van der Waals surface area contributed by atoms with Crippen LogP contribution in [-0.4, -0.2) is 41.7 Å². The van der Waals surface area contributed by atoms with Gasteiger partial charge in [0.1, 0.15) is 17.8 Å². The van der Waals surface area contributed by atoms with Crippen molar-refractivity contribution in [1.82, 2.24) is 29.8 Å². The predicted molar refractivity (Wildman–Crippen MR) is 176 cm³/mol. The van der Waals surface area contributed by atoms with Crippen LogP contribution in [0.4, 0.5) is 4.39 Å². The van der Waals surface area contributed by atoms with Crippen LogP contribution in [0.5, 0.6) is 5.75 Å². The highest BCUT2D eigenvalue weighted by Crippen LogP contribution is 2.63. The van der Waals surface area contributed by atoms with Crippen LogP contribution >= 0.6 is 0 Å². The summed E-state index contributed by atoms with van der Waals surface area (Å²) in [7, 11) is 0. The maximum absolute atomic E-state index is 17.7. The summed E-state index contributed by atoms with van der Waals surface area (Å²) in [4.78, 5) is 33.4. The van der Waals surface area contributed by atoms with Crippen molar-refractivity contribution in [3.63, 3.8) is 0 Å². The molecule has 236 valence electrons. The first-order chi connectivity index (χ1) is 22.9. The summed E-state index contributed by atoms with van der Waals surface area (Å²) in [5, 5.41) is 15.1. The van der Waals surface area contributed by atoms with Crippen molar-refractivity contribution in [2.45, 2.75) is 87.6 Å². The molecule has 2 saturated heterocycles. The lowest BCUT2D eigenvalue weighted by atomic mass is 9.77. The highest BCUT2D eigenvalue weighted by Gasteiger charge is 2.61. The first-order valence-corrected chi connectivity index (χ1v) is 17.1. The lowest BCUT2D eigenvalue weighted by Crippen LogP contribution is -2.35. The van der Waals surface area contributed by atoms with Gasteiger partial charge in [0.05, 0.1) is 34.2 Å². The Morgan fingerprint density at radius 2 is 1.81 bits per heavy atom. The van der Waals surface area contributed by atoms with E-state index in [2.05, 4.69) is 11.2 Å². The highest BCUT2D eigenvalue weighted by molar-refractivity contribution is 5.89. The van der Waals surface area contributed by atoms with E-state index < -0.39 is 11.5 Å². The van der Waals surface area contributed by atoms with Crippen molar-refractivity contribution in [3.05, 3.63) is 75.2 Å². The number of rotatable bonds is 5. The van der Waals surface area contributed by atoms with Crippen LogP contribution in [0.3, 0.4) is 0 Å². The number of benzene rings is 1. The van der Waals surface area contributed by atoms with Crippen LogP contribution in [0, 0.1) is 35.9 Å². The Bertz CT molecular complexity index is 2130. The van der Waals surface area contributed by atoms with E-state index in [0.29, 0.717) is 46.3 Å². The van der Waals surface area contributed by atoms with E-state index in [0.717, 1.165) is 61.0 Å². The largest absolute Gasteiger partial charge is 0.508 e. The zero-order valence-electron chi connectivity index (χ0n) is 26.2. The third-order valence-corrected chi connectivity index (χ3v) is 11.8. The molecule has 3 aromatic heterocycles. The van der Waals surface area contributed by atoms with Gasteiger partial charge < -0.3 is 10.4 Å². The Hall–Kier alpha value is -4.42. The van der Waals surface area contributed by atoms with Crippen molar-refractivity contribution < 1.29 is 9.50 Å². The monoisotopic (exact) mass is 626 g/mol. The lowest BCUT2D eigenvalue weighted by molar-refractivity contribution is 0.387. The number of pyridine rings is 1. The summed E-state index contributed by atoms with van der Waals surface area (Å²) in [6.07, 6.45) is 20.5. The van der Waals surface area contributed by atoms with E-state index in [1.165, 1.54) is 11.0 Å². The molecule has 3 saturated carbocycles. The zero-order chi connectivity index (χ0) is 31.7. The summed E-state index contributed by atoms with van der Waals surface area (Å²) in [6, 6.07) is 4.11. The molecule has 2 bridgehead atoms. The van der Waals surface area contributed by atoms with Gasteiger partial charge in [0.2, 0.25) is 0 Å². The molecule has 0 spiro atoms. The number of hydrogen-bond acceptors (Lipinski definition) is 7. The first-order valence-electron chi connectivity index (χ1n) is 17.1. The minimum atomic E-state index is -0.621. The highest BCUT2D eigenvalue weighted by atomic mass is 19.1. The molecule has 6 aliphatic rings. The van der Waals surface area contributed by atoms with E-state index >= 15 is 4.39 Å². The molecule has 9 heteroatoms. The average molecular weight is 627 g/mol. The summed E-state index contributed by atoms with van der Waals surface area (Å²) in [5.74, 6) is 3.25. The van der Waals surface area contributed by atoms with Gasteiger partial charge >= 0.3 is 5.69 Å². The number of nitrogens with zero attached hydrogens (tertiary/aromatic N) is 5. The van der Waals surface area contributed by atoms with Crippen molar-refractivity contribution in [2.75, 3.05) is 0 Å². The number of halogens is 1. The standard InChI is InChI=1S/C38H35FN6O2/c1-3-23-17(2)4-5-20-12-22(46)14-25(28(20)23)35-31(39)36-26(15-40-35)34(30-24-13-21-10-11-27(43-21)29(24)30)44-38(47)45(36)37-32(18-6-7-18)41-16-42-33(37)19-8-9-19/h1,4-5,12,14-19,21,23-24,27,29-30,43,46H,6-11,13H2,2H3/t17?,21?,23?,24?,27?,29-,30?/m0/s1. The van der Waals surface area contributed by atoms with Crippen LogP contribution in [0.25, 0.3) is 33.9 Å². The fourth-order valence-electron chi connectivity index (χ4n) is 9.30. The van der Waals surface area contributed by atoms with E-state index in [1.54, 1.807) is 24.7 Å². The molecular formula is C38H35FN6O2. The van der Waals surface area contributed by atoms with Crippen molar-refractivity contribution in [1.29, 1.82) is 0 Å². The van der Waals surface area contributed by atoms with Gasteiger partial charge in [0, 0.05) is 47.0 Å². The molecule has 2 aliphatic heterocycles. The number of hydrogen-bond donors (Lipinski definition) is 2. The maximum Gasteiger partial charge on any atom is 0.353 e. The molecule has 47 heavy (non-hydrogen) atoms. The third-order valence-electron chi connectivity index (χ3n) is 11.8. The number of phenolic OH excluding ortho intramolecular Hbond substituents is 1. The molecule has 1 aromatic carbocycles. The van der Waals surface area contributed by atoms with Crippen LogP contribution in [0.1, 0.15) is 104 Å². The molecule has 2 N–H and O–H groups in total. The Morgan fingerprint density at radius 1 is 1.04 bits per heavy atom. The van der Waals surface area contributed by atoms with Crippen molar-refractivity contribution in [2.24, 2.45) is 17.8 Å². The molecule has 10 rings (SSSR count). The van der Waals surface area contributed by atoms with E-state index in [1.807, 2.05) is 19.1 Å². The van der Waals surface area contributed by atoms with Gasteiger partial charge in [-0.25, -0.2) is 19.2 Å². The van der Waals surface area contributed by atoms with Crippen molar-refractivity contribution >= 4 is 17.0 Å². The van der Waals surface area contributed by atoms with Crippen LogP contribution in [0.15, 0.2) is 35.5 Å². The number of terminal acetylenes is 1. The van der Waals surface area contributed by atoms with Gasteiger partial charge in [-0.3, -0.25) is 9.55 Å². The van der Waals surface area contributed by atoms with Crippen LogP contribution in [-0.2, 0) is 0 Å². The van der Waals surface area contributed by atoms with Crippen LogP contribution < -0.4 is 11.0 Å². The summed E-state index contributed by atoms with van der Waals surface area (Å²) in [6.45, 7) is 2.03. The SMILES string of the molecule is C#CC1c2c(cc(O)cc2-c2ncc3c(C4C5CC6CCC(N6)[C@H]54)nc(=O)n(-c4c(C5CC5)ncnc4C4CC4)c3c2F)C=CC1C. The molecule has 4 aliphatic carbocycles. The molecule has 6 unspecified atom stereocenters. The fourth-order valence-corrected chi connectivity index (χ4v) is 9.30. The van der Waals surface area contributed by atoms with Gasteiger partial charge in [-0.05, 0) is 86.0 Å². The maximum atomic E-state index is 17.7. The Morgan fingerprint density at radius 3 is 2.53 bits per heavy atom. The smallest absolute Gasteiger partial charge is 0.353 e. The second-order valence-electron chi connectivity index (χ2n) is 14.7. The van der Waals surface area contributed by atoms with E-state index in [-0.39, 0.29) is 46.5 Å². The molecular weight excluding hydrogens is 591 g/mol. The van der Waals surface area contributed by atoms with Gasteiger partial charge in [-0.1, -0.05) is 25.0 Å². The first kappa shape index (κ1) is 27.7. The molecule has 8 nitrogen and oxygen atoms in total. The van der Waals surface area contributed by atoms with Crippen molar-refractivity contribution in [3.8, 4) is 35.0 Å². The third kappa shape index (κ3) is 4.07. The summed E-state index contributed by atoms with van der Waals surface area (Å²) >= 11 is 0. The lowest BCUT2D eigenvalue weighted by Gasteiger charge is -2.26. The number of allylic oxidation sites excluding steroid dienone is 1. The molecule has 5 fully saturated rings. The normalized spacial score (nSPS) is 30.2. The molecule has 4 aromatic rings. The molecule has 0 amide bonds. The second-order valence-corrected chi connectivity index (χ2v) is 14.7. The number of fused-ring (bicyclic) bond motifs is 6. The molecule has 0 radical (unpaired) electrons. The number of phenols is 1. The number of piperidine rings is 1. The molecule has 5 heterocycles. The predicted octanol–water partition coefficient (Wildman–Crippen LogP) is 6.07. The van der Waals surface area contributed by atoms with Gasteiger partial charge in [-0.2, -0.15) is 4.98 Å². The number of nitrogens with one attached hydrogen (secondary N) is 1. The van der Waals surface area contributed by atoms with Gasteiger partial charge in [0.25, 0.3) is 0 Å². The zero-order valence-corrected chi connectivity index (χ0v) is 26.2. The quantitative estimate of drug-likeness (QED) is 0.259.